The van der Waals surface area contributed by atoms with Gasteiger partial charge in [-0.25, -0.2) is 9.97 Å². The van der Waals surface area contributed by atoms with Crippen LogP contribution in [0.3, 0.4) is 0 Å². The molecule has 1 amide bonds. The number of aromatic nitrogens is 2. The monoisotopic (exact) mass is 198 g/mol. The third-order valence-electron chi connectivity index (χ3n) is 1.11. The summed E-state index contributed by atoms with van der Waals surface area (Å²) in [7, 11) is 0. The summed E-state index contributed by atoms with van der Waals surface area (Å²) in [6, 6.07) is 0. The fraction of sp³-hybridized carbons (Fsp3) is 0. The van der Waals surface area contributed by atoms with Gasteiger partial charge in [0.1, 0.15) is 5.15 Å². The Labute approximate surface area is 77.2 Å². The Balaban J connectivity index is 3.20. The maximum absolute atomic E-state index is 11.0. The summed E-state index contributed by atoms with van der Waals surface area (Å²) < 4.78 is 0. The average molecular weight is 199 g/mol. The van der Waals surface area contributed by atoms with Gasteiger partial charge in [0.15, 0.2) is 11.5 Å². The van der Waals surface area contributed by atoms with Gasteiger partial charge >= 0.3 is 0 Å². The summed E-state index contributed by atoms with van der Waals surface area (Å²) in [5.74, 6) is -1.03. The van der Waals surface area contributed by atoms with E-state index in [-0.39, 0.29) is 16.7 Å². The van der Waals surface area contributed by atoms with E-state index in [1.54, 1.807) is 0 Å². The lowest BCUT2D eigenvalue weighted by molar-refractivity contribution is 0.0996. The van der Waals surface area contributed by atoms with E-state index in [2.05, 4.69) is 20.0 Å². The number of nitrogens with zero attached hydrogens (tertiary/aromatic N) is 5. The van der Waals surface area contributed by atoms with E-state index in [4.69, 9.17) is 22.9 Å². The zero-order valence-corrected chi connectivity index (χ0v) is 6.93. The zero-order valence-electron chi connectivity index (χ0n) is 6.18. The van der Waals surface area contributed by atoms with Gasteiger partial charge in [-0.3, -0.25) is 4.79 Å². The lowest BCUT2D eigenvalue weighted by Crippen LogP contribution is -2.05. The minimum Gasteiger partial charge on any atom is -0.382 e. The first-order chi connectivity index (χ1) is 6.15. The van der Waals surface area contributed by atoms with Crippen molar-refractivity contribution in [3.8, 4) is 0 Å². The van der Waals surface area contributed by atoms with Crippen molar-refractivity contribution in [2.45, 2.75) is 0 Å². The lowest BCUT2D eigenvalue weighted by Gasteiger charge is -1.97. The van der Waals surface area contributed by atoms with Crippen LogP contribution in [0.25, 0.3) is 10.4 Å². The molecule has 0 aliphatic rings. The largest absolute Gasteiger partial charge is 0.382 e. The van der Waals surface area contributed by atoms with Gasteiger partial charge in [-0.15, -0.1) is 0 Å². The van der Waals surface area contributed by atoms with Crippen LogP contribution < -0.4 is 5.73 Å². The standard InChI is InChI=1S/C5H3ClN6O/c6-2-1-9-4(7)3(10-2)5(13)11-12-8/h1H,(H2,7,9). The Bertz CT molecular complexity index is 398. The van der Waals surface area contributed by atoms with Crippen molar-refractivity contribution in [2.75, 3.05) is 5.73 Å². The highest BCUT2D eigenvalue weighted by Gasteiger charge is 2.11. The Kier molecular flexibility index (Phi) is 2.63. The SMILES string of the molecule is [N-]=[N+]=NC(=O)c1nc(Cl)cnc1N. The molecule has 0 spiro atoms. The fourth-order valence-corrected chi connectivity index (χ4v) is 0.756. The molecule has 0 aliphatic heterocycles. The van der Waals surface area contributed by atoms with E-state index < -0.39 is 5.91 Å². The molecule has 0 saturated carbocycles. The van der Waals surface area contributed by atoms with Gasteiger partial charge in [-0.1, -0.05) is 11.6 Å². The van der Waals surface area contributed by atoms with Gasteiger partial charge in [-0.05, 0) is 10.6 Å². The maximum Gasteiger partial charge on any atom is 0.271 e. The van der Waals surface area contributed by atoms with Gasteiger partial charge in [0.25, 0.3) is 5.91 Å². The third-order valence-corrected chi connectivity index (χ3v) is 1.29. The van der Waals surface area contributed by atoms with Crippen LogP contribution in [0.4, 0.5) is 5.82 Å². The lowest BCUT2D eigenvalue weighted by atomic mass is 10.4. The molecule has 1 aromatic heterocycles. The van der Waals surface area contributed by atoms with Gasteiger partial charge in [0.2, 0.25) is 0 Å². The number of hydrogen-bond acceptors (Lipinski definition) is 4. The number of amides is 1. The normalized spacial score (nSPS) is 9.00. The van der Waals surface area contributed by atoms with Crippen molar-refractivity contribution in [3.63, 3.8) is 0 Å². The van der Waals surface area contributed by atoms with E-state index in [1.807, 2.05) is 0 Å². The molecule has 0 radical (unpaired) electrons. The minimum absolute atomic E-state index is 0.00527. The summed E-state index contributed by atoms with van der Waals surface area (Å²) in [5, 5.41) is 2.80. The average Bonchev–Trinajstić information content (AvgIpc) is 2.09. The molecule has 66 valence electrons. The van der Waals surface area contributed by atoms with Crippen molar-refractivity contribution >= 4 is 23.3 Å². The first-order valence-corrected chi connectivity index (χ1v) is 3.40. The topological polar surface area (TPSA) is 118 Å². The summed E-state index contributed by atoms with van der Waals surface area (Å²) in [4.78, 5) is 20.4. The molecule has 0 bridgehead atoms. The minimum atomic E-state index is -0.907. The number of nitrogen functional groups attached to an aromatic ring is 1. The van der Waals surface area contributed by atoms with E-state index in [0.717, 1.165) is 0 Å². The van der Waals surface area contributed by atoms with Crippen LogP contribution in [0.2, 0.25) is 5.15 Å². The second-order valence-electron chi connectivity index (χ2n) is 1.92. The van der Waals surface area contributed by atoms with Crippen molar-refractivity contribution in [1.29, 1.82) is 0 Å². The first kappa shape index (κ1) is 9.24. The van der Waals surface area contributed by atoms with E-state index in [9.17, 15) is 4.79 Å². The van der Waals surface area contributed by atoms with Crippen molar-refractivity contribution in [2.24, 2.45) is 5.11 Å². The highest BCUT2D eigenvalue weighted by Crippen LogP contribution is 2.10. The van der Waals surface area contributed by atoms with E-state index in [1.165, 1.54) is 6.20 Å². The number of anilines is 1. The molecule has 0 saturated heterocycles. The van der Waals surface area contributed by atoms with Crippen molar-refractivity contribution in [3.05, 3.63) is 27.5 Å². The molecule has 8 heteroatoms. The second kappa shape index (κ2) is 3.70. The summed E-state index contributed by atoms with van der Waals surface area (Å²) in [5.41, 5.74) is 13.0. The van der Waals surface area contributed by atoms with Crippen LogP contribution >= 0.6 is 11.6 Å². The van der Waals surface area contributed by atoms with Crippen LogP contribution in [0.1, 0.15) is 10.5 Å². The van der Waals surface area contributed by atoms with Gasteiger partial charge < -0.3 is 5.73 Å². The molecular weight excluding hydrogens is 196 g/mol. The molecular formula is C5H3ClN6O. The molecule has 13 heavy (non-hydrogen) atoms. The van der Waals surface area contributed by atoms with E-state index in [0.29, 0.717) is 0 Å². The quantitative estimate of drug-likeness (QED) is 0.414. The Hall–Kier alpha value is -1.85. The highest BCUT2D eigenvalue weighted by molar-refractivity contribution is 6.29. The van der Waals surface area contributed by atoms with Crippen LogP contribution in [0.15, 0.2) is 11.3 Å². The Morgan fingerprint density at radius 1 is 1.77 bits per heavy atom. The Morgan fingerprint density at radius 3 is 3.08 bits per heavy atom. The Morgan fingerprint density at radius 2 is 2.46 bits per heavy atom. The zero-order chi connectivity index (χ0) is 9.84. The first-order valence-electron chi connectivity index (χ1n) is 3.02. The van der Waals surface area contributed by atoms with Crippen molar-refractivity contribution in [1.82, 2.24) is 9.97 Å². The molecule has 0 atom stereocenters. The number of hydrogen-bond donors (Lipinski definition) is 1. The number of nitrogens with two attached hydrogens (primary N) is 1. The number of halogens is 1. The van der Waals surface area contributed by atoms with Crippen molar-refractivity contribution < 1.29 is 4.79 Å². The van der Waals surface area contributed by atoms with Crippen LogP contribution in [-0.2, 0) is 0 Å². The molecule has 7 nitrogen and oxygen atoms in total. The fourth-order valence-electron chi connectivity index (χ4n) is 0.622. The smallest absolute Gasteiger partial charge is 0.271 e. The number of carbonyl (C=O) groups is 1. The maximum atomic E-state index is 11.0. The third kappa shape index (κ3) is 2.05. The van der Waals surface area contributed by atoms with Crippen LogP contribution in [0, 0.1) is 0 Å². The molecule has 1 rings (SSSR count). The van der Waals surface area contributed by atoms with Crippen LogP contribution in [-0.4, -0.2) is 15.9 Å². The summed E-state index contributed by atoms with van der Waals surface area (Å²) in [6.07, 6.45) is 1.18. The molecule has 1 aromatic rings. The molecule has 2 N–H and O–H groups in total. The van der Waals surface area contributed by atoms with Crippen LogP contribution in [0.5, 0.6) is 0 Å². The number of rotatable bonds is 1. The molecule has 0 fully saturated rings. The number of carbonyl (C=O) groups excluding carboxylic acids is 1. The van der Waals surface area contributed by atoms with Gasteiger partial charge in [0.05, 0.1) is 6.20 Å². The summed E-state index contributed by atoms with van der Waals surface area (Å²) in [6.45, 7) is 0. The predicted octanol–water partition coefficient (Wildman–Crippen LogP) is 1.16. The molecule has 0 aliphatic carbocycles. The van der Waals surface area contributed by atoms with Gasteiger partial charge in [-0.2, -0.15) is 0 Å². The van der Waals surface area contributed by atoms with Gasteiger partial charge in [0, 0.05) is 4.91 Å². The molecule has 0 unspecified atom stereocenters. The second-order valence-corrected chi connectivity index (χ2v) is 2.31. The predicted molar refractivity (Wildman–Crippen MR) is 44.9 cm³/mol. The molecule has 0 aromatic carbocycles. The number of azide groups is 1. The molecule has 1 heterocycles. The van der Waals surface area contributed by atoms with E-state index >= 15 is 0 Å². The summed E-state index contributed by atoms with van der Waals surface area (Å²) >= 11 is 5.44. The highest BCUT2D eigenvalue weighted by atomic mass is 35.5.